The van der Waals surface area contributed by atoms with Crippen LogP contribution in [-0.4, -0.2) is 19.0 Å². The number of rotatable bonds is 7. The van der Waals surface area contributed by atoms with E-state index >= 15 is 0 Å². The van der Waals surface area contributed by atoms with Gasteiger partial charge >= 0.3 is 0 Å². The Kier molecular flexibility index (Phi) is 6.80. The first-order chi connectivity index (χ1) is 8.63. The number of carbonyl (C=O) groups excluding carboxylic acids is 1. The van der Waals surface area contributed by atoms with Gasteiger partial charge in [0.05, 0.1) is 6.54 Å². The van der Waals surface area contributed by atoms with E-state index in [-0.39, 0.29) is 5.91 Å². The maximum absolute atomic E-state index is 11.6. The monoisotopic (exact) mass is 312 g/mol. The Balaban J connectivity index is 2.29. The van der Waals surface area contributed by atoms with Gasteiger partial charge in [0.2, 0.25) is 5.91 Å². The van der Waals surface area contributed by atoms with Crippen molar-refractivity contribution in [3.63, 3.8) is 0 Å². The first-order valence-corrected chi connectivity index (χ1v) is 7.19. The van der Waals surface area contributed by atoms with Gasteiger partial charge in [0, 0.05) is 16.7 Å². The summed E-state index contributed by atoms with van der Waals surface area (Å²) in [5, 5.41) is 6.06. The number of halogens is 1. The molecule has 4 heteroatoms. The number of hydrogen-bond donors (Lipinski definition) is 2. The number of unbranched alkanes of at least 4 members (excludes halogenated alkanes) is 2. The highest BCUT2D eigenvalue weighted by Crippen LogP contribution is 2.19. The lowest BCUT2D eigenvalue weighted by Gasteiger charge is -2.10. The van der Waals surface area contributed by atoms with Gasteiger partial charge in [-0.25, -0.2) is 0 Å². The molecule has 0 unspecified atom stereocenters. The Labute approximate surface area is 117 Å². The summed E-state index contributed by atoms with van der Waals surface area (Å²) in [7, 11) is 0. The molecule has 0 atom stereocenters. The summed E-state index contributed by atoms with van der Waals surface area (Å²) >= 11 is 3.42. The van der Waals surface area contributed by atoms with Gasteiger partial charge in [-0.3, -0.25) is 4.79 Å². The molecule has 0 spiro atoms. The van der Waals surface area contributed by atoms with Crippen LogP contribution in [0, 0.1) is 6.92 Å². The molecule has 0 heterocycles. The third kappa shape index (κ3) is 5.54. The predicted molar refractivity (Wildman–Crippen MR) is 79.9 cm³/mol. The van der Waals surface area contributed by atoms with Gasteiger partial charge < -0.3 is 10.6 Å². The molecule has 0 fully saturated rings. The van der Waals surface area contributed by atoms with Crippen molar-refractivity contribution in [2.24, 2.45) is 0 Å². The molecule has 0 bridgehead atoms. The van der Waals surface area contributed by atoms with E-state index in [1.165, 1.54) is 12.8 Å². The normalized spacial score (nSPS) is 10.2. The highest BCUT2D eigenvalue weighted by atomic mass is 79.9. The van der Waals surface area contributed by atoms with E-state index in [1.807, 2.05) is 25.1 Å². The molecule has 0 aliphatic carbocycles. The van der Waals surface area contributed by atoms with E-state index < -0.39 is 0 Å². The van der Waals surface area contributed by atoms with Crippen LogP contribution in [0.2, 0.25) is 0 Å². The summed E-state index contributed by atoms with van der Waals surface area (Å²) in [6, 6.07) is 5.97. The second-order valence-corrected chi connectivity index (χ2v) is 5.29. The molecule has 2 N–H and O–H groups in total. The minimum Gasteiger partial charge on any atom is -0.376 e. The Morgan fingerprint density at radius 1 is 1.33 bits per heavy atom. The second-order valence-electron chi connectivity index (χ2n) is 4.37. The minimum absolute atomic E-state index is 0.0495. The van der Waals surface area contributed by atoms with Crippen molar-refractivity contribution < 1.29 is 4.79 Å². The van der Waals surface area contributed by atoms with E-state index in [0.29, 0.717) is 6.54 Å². The van der Waals surface area contributed by atoms with Crippen LogP contribution in [0.5, 0.6) is 0 Å². The van der Waals surface area contributed by atoms with Crippen LogP contribution in [0.15, 0.2) is 22.7 Å². The van der Waals surface area contributed by atoms with Crippen LogP contribution >= 0.6 is 15.9 Å². The van der Waals surface area contributed by atoms with E-state index in [4.69, 9.17) is 0 Å². The smallest absolute Gasteiger partial charge is 0.239 e. The summed E-state index contributed by atoms with van der Waals surface area (Å²) in [6.45, 7) is 5.27. The zero-order chi connectivity index (χ0) is 13.4. The predicted octanol–water partition coefficient (Wildman–Crippen LogP) is 3.48. The molecular weight excluding hydrogens is 292 g/mol. The number of benzene rings is 1. The van der Waals surface area contributed by atoms with Crippen LogP contribution in [0.3, 0.4) is 0 Å². The van der Waals surface area contributed by atoms with Crippen molar-refractivity contribution in [3.05, 3.63) is 28.2 Å². The third-order valence-corrected chi connectivity index (χ3v) is 3.22. The van der Waals surface area contributed by atoms with Crippen molar-refractivity contribution >= 4 is 27.5 Å². The number of amides is 1. The number of anilines is 1. The molecule has 0 aliphatic heterocycles. The molecule has 1 amide bonds. The minimum atomic E-state index is 0.0495. The Morgan fingerprint density at radius 3 is 2.78 bits per heavy atom. The zero-order valence-electron chi connectivity index (χ0n) is 11.1. The first kappa shape index (κ1) is 15.0. The highest BCUT2D eigenvalue weighted by molar-refractivity contribution is 9.10. The van der Waals surface area contributed by atoms with Gasteiger partial charge in [0.25, 0.3) is 0 Å². The fourth-order valence-electron chi connectivity index (χ4n) is 1.67. The quantitative estimate of drug-likeness (QED) is 0.757. The maximum atomic E-state index is 11.6. The lowest BCUT2D eigenvalue weighted by molar-refractivity contribution is -0.119. The average Bonchev–Trinajstić information content (AvgIpc) is 2.33. The largest absolute Gasteiger partial charge is 0.376 e. The second kappa shape index (κ2) is 8.14. The lowest BCUT2D eigenvalue weighted by atomic mass is 10.2. The van der Waals surface area contributed by atoms with Crippen molar-refractivity contribution in [3.8, 4) is 0 Å². The van der Waals surface area contributed by atoms with Gasteiger partial charge in [0.15, 0.2) is 0 Å². The molecule has 18 heavy (non-hydrogen) atoms. The van der Waals surface area contributed by atoms with E-state index in [2.05, 4.69) is 33.5 Å². The average molecular weight is 313 g/mol. The molecule has 0 saturated carbocycles. The standard InChI is InChI=1S/C14H21BrN2O/c1-3-4-5-8-16-14(18)10-17-13-7-6-12(15)9-11(13)2/h6-7,9,17H,3-5,8,10H2,1-2H3,(H,16,18). The fourth-order valence-corrected chi connectivity index (χ4v) is 2.14. The highest BCUT2D eigenvalue weighted by Gasteiger charge is 2.02. The molecule has 1 aromatic carbocycles. The van der Waals surface area contributed by atoms with Gasteiger partial charge in [-0.2, -0.15) is 0 Å². The van der Waals surface area contributed by atoms with Crippen molar-refractivity contribution in [1.29, 1.82) is 0 Å². The first-order valence-electron chi connectivity index (χ1n) is 6.40. The topological polar surface area (TPSA) is 41.1 Å². The molecule has 0 saturated heterocycles. The SMILES string of the molecule is CCCCCNC(=O)CNc1ccc(Br)cc1C. The molecule has 3 nitrogen and oxygen atoms in total. The molecule has 0 aliphatic rings. The molecule has 1 rings (SSSR count). The molecular formula is C14H21BrN2O. The Bertz CT molecular complexity index is 393. The van der Waals surface area contributed by atoms with E-state index in [9.17, 15) is 4.79 Å². The fraction of sp³-hybridized carbons (Fsp3) is 0.500. The van der Waals surface area contributed by atoms with Crippen LogP contribution in [-0.2, 0) is 4.79 Å². The van der Waals surface area contributed by atoms with Gasteiger partial charge in [-0.1, -0.05) is 35.7 Å². The van der Waals surface area contributed by atoms with Crippen molar-refractivity contribution in [1.82, 2.24) is 5.32 Å². The third-order valence-electron chi connectivity index (χ3n) is 2.73. The number of hydrogen-bond acceptors (Lipinski definition) is 2. The maximum Gasteiger partial charge on any atom is 0.239 e. The van der Waals surface area contributed by atoms with Gasteiger partial charge in [-0.15, -0.1) is 0 Å². The van der Waals surface area contributed by atoms with E-state index in [0.717, 1.165) is 28.7 Å². The summed E-state index contributed by atoms with van der Waals surface area (Å²) in [5.41, 5.74) is 2.13. The summed E-state index contributed by atoms with van der Waals surface area (Å²) in [6.07, 6.45) is 3.39. The van der Waals surface area contributed by atoms with Crippen LogP contribution in [0.25, 0.3) is 0 Å². The molecule has 1 aromatic rings. The van der Waals surface area contributed by atoms with Crippen LogP contribution in [0.1, 0.15) is 31.7 Å². The number of aryl methyl sites for hydroxylation is 1. The van der Waals surface area contributed by atoms with Crippen molar-refractivity contribution in [2.75, 3.05) is 18.4 Å². The molecule has 100 valence electrons. The number of carbonyl (C=O) groups is 1. The van der Waals surface area contributed by atoms with Gasteiger partial charge in [0.1, 0.15) is 0 Å². The van der Waals surface area contributed by atoms with Crippen LogP contribution < -0.4 is 10.6 Å². The van der Waals surface area contributed by atoms with Crippen molar-refractivity contribution in [2.45, 2.75) is 33.1 Å². The zero-order valence-corrected chi connectivity index (χ0v) is 12.6. The summed E-state index contributed by atoms with van der Waals surface area (Å²) in [5.74, 6) is 0.0495. The summed E-state index contributed by atoms with van der Waals surface area (Å²) < 4.78 is 1.05. The Morgan fingerprint density at radius 2 is 2.11 bits per heavy atom. The van der Waals surface area contributed by atoms with E-state index in [1.54, 1.807) is 0 Å². The summed E-state index contributed by atoms with van der Waals surface area (Å²) in [4.78, 5) is 11.6. The van der Waals surface area contributed by atoms with Gasteiger partial charge in [-0.05, 0) is 37.1 Å². The lowest BCUT2D eigenvalue weighted by Crippen LogP contribution is -2.30. The Hall–Kier alpha value is -1.03. The van der Waals surface area contributed by atoms with Crippen LogP contribution in [0.4, 0.5) is 5.69 Å². The number of nitrogens with one attached hydrogen (secondary N) is 2. The molecule has 0 aromatic heterocycles. The molecule has 0 radical (unpaired) electrons.